The SMILES string of the molecule is CCc1c(O)nn(CC(C)C)c1C(C)C. The normalized spacial score (nSPS) is 11.7. The summed E-state index contributed by atoms with van der Waals surface area (Å²) in [7, 11) is 0. The molecule has 0 amide bonds. The van der Waals surface area contributed by atoms with E-state index >= 15 is 0 Å². The van der Waals surface area contributed by atoms with Crippen molar-refractivity contribution in [3.8, 4) is 5.88 Å². The van der Waals surface area contributed by atoms with E-state index in [0.29, 0.717) is 11.8 Å². The van der Waals surface area contributed by atoms with Gasteiger partial charge in [-0.15, -0.1) is 5.10 Å². The summed E-state index contributed by atoms with van der Waals surface area (Å²) in [6, 6.07) is 0. The monoisotopic (exact) mass is 210 g/mol. The first kappa shape index (κ1) is 12.1. The maximum absolute atomic E-state index is 9.74. The van der Waals surface area contributed by atoms with E-state index in [1.807, 2.05) is 4.68 Å². The van der Waals surface area contributed by atoms with E-state index in [4.69, 9.17) is 0 Å². The molecule has 3 heteroatoms. The van der Waals surface area contributed by atoms with Gasteiger partial charge >= 0.3 is 0 Å². The molecule has 1 aromatic rings. The minimum atomic E-state index is 0.210. The van der Waals surface area contributed by atoms with Crippen molar-refractivity contribution in [3.05, 3.63) is 11.3 Å². The van der Waals surface area contributed by atoms with Gasteiger partial charge in [0.15, 0.2) is 0 Å². The van der Waals surface area contributed by atoms with Crippen LogP contribution in [0.2, 0.25) is 0 Å². The molecule has 0 aliphatic carbocycles. The molecule has 86 valence electrons. The Morgan fingerprint density at radius 2 is 1.87 bits per heavy atom. The summed E-state index contributed by atoms with van der Waals surface area (Å²) in [4.78, 5) is 0. The van der Waals surface area contributed by atoms with Crippen LogP contribution in [0.1, 0.15) is 51.8 Å². The first-order valence-electron chi connectivity index (χ1n) is 5.75. The van der Waals surface area contributed by atoms with Gasteiger partial charge in [0.05, 0.1) is 0 Å². The van der Waals surface area contributed by atoms with Gasteiger partial charge in [-0.25, -0.2) is 0 Å². The van der Waals surface area contributed by atoms with Gasteiger partial charge in [0, 0.05) is 17.8 Å². The van der Waals surface area contributed by atoms with Crippen molar-refractivity contribution in [1.29, 1.82) is 0 Å². The van der Waals surface area contributed by atoms with Gasteiger partial charge in [0.25, 0.3) is 0 Å². The number of nitrogens with zero attached hydrogens (tertiary/aromatic N) is 2. The largest absolute Gasteiger partial charge is 0.492 e. The average Bonchev–Trinajstić information content (AvgIpc) is 2.40. The van der Waals surface area contributed by atoms with Gasteiger partial charge in [-0.2, -0.15) is 0 Å². The molecule has 0 saturated carbocycles. The third-order valence-electron chi connectivity index (χ3n) is 2.51. The summed E-state index contributed by atoms with van der Waals surface area (Å²) >= 11 is 0. The minimum Gasteiger partial charge on any atom is -0.492 e. The van der Waals surface area contributed by atoms with E-state index in [1.165, 1.54) is 5.69 Å². The molecule has 0 saturated heterocycles. The van der Waals surface area contributed by atoms with Crippen LogP contribution in [0.25, 0.3) is 0 Å². The maximum Gasteiger partial charge on any atom is 0.233 e. The second-order valence-electron chi connectivity index (χ2n) is 4.77. The quantitative estimate of drug-likeness (QED) is 0.829. The Labute approximate surface area is 92.1 Å². The van der Waals surface area contributed by atoms with Crippen molar-refractivity contribution < 1.29 is 5.11 Å². The molecule has 1 rings (SSSR count). The van der Waals surface area contributed by atoms with Gasteiger partial charge in [-0.1, -0.05) is 34.6 Å². The second kappa shape index (κ2) is 4.69. The summed E-state index contributed by atoms with van der Waals surface area (Å²) in [5.41, 5.74) is 2.19. The highest BCUT2D eigenvalue weighted by atomic mass is 16.3. The molecule has 0 atom stereocenters. The van der Waals surface area contributed by atoms with Crippen LogP contribution in [-0.2, 0) is 13.0 Å². The zero-order valence-corrected chi connectivity index (χ0v) is 10.4. The Balaban J connectivity index is 3.15. The average molecular weight is 210 g/mol. The summed E-state index contributed by atoms with van der Waals surface area (Å²) < 4.78 is 1.96. The zero-order valence-electron chi connectivity index (χ0n) is 10.4. The molecule has 0 radical (unpaired) electrons. The van der Waals surface area contributed by atoms with E-state index in [0.717, 1.165) is 18.5 Å². The summed E-state index contributed by atoms with van der Waals surface area (Å²) in [6.07, 6.45) is 0.845. The molecule has 0 aliphatic rings. The Bertz CT molecular complexity index is 327. The van der Waals surface area contributed by atoms with Crippen molar-refractivity contribution in [3.63, 3.8) is 0 Å². The maximum atomic E-state index is 9.74. The van der Waals surface area contributed by atoms with Crippen molar-refractivity contribution in [1.82, 2.24) is 9.78 Å². The van der Waals surface area contributed by atoms with Crippen LogP contribution in [-0.4, -0.2) is 14.9 Å². The predicted octanol–water partition coefficient (Wildman–Crippen LogP) is 2.93. The second-order valence-corrected chi connectivity index (χ2v) is 4.77. The number of aromatic nitrogens is 2. The van der Waals surface area contributed by atoms with Crippen LogP contribution >= 0.6 is 0 Å². The molecule has 0 aromatic carbocycles. The number of aromatic hydroxyl groups is 1. The lowest BCUT2D eigenvalue weighted by atomic mass is 10.0. The Hall–Kier alpha value is -0.990. The number of rotatable bonds is 4. The Morgan fingerprint density at radius 3 is 2.27 bits per heavy atom. The molecule has 1 aromatic heterocycles. The third kappa shape index (κ3) is 2.52. The Kier molecular flexibility index (Phi) is 3.77. The first-order valence-corrected chi connectivity index (χ1v) is 5.75. The molecule has 0 aliphatic heterocycles. The van der Waals surface area contributed by atoms with Gasteiger partial charge < -0.3 is 5.11 Å². The molecule has 15 heavy (non-hydrogen) atoms. The van der Waals surface area contributed by atoms with Gasteiger partial charge in [0.2, 0.25) is 5.88 Å². The van der Waals surface area contributed by atoms with E-state index < -0.39 is 0 Å². The lowest BCUT2D eigenvalue weighted by Gasteiger charge is -2.13. The van der Waals surface area contributed by atoms with Crippen molar-refractivity contribution >= 4 is 0 Å². The molecule has 1 heterocycles. The molecular formula is C12H22N2O. The fourth-order valence-corrected chi connectivity index (χ4v) is 1.97. The van der Waals surface area contributed by atoms with E-state index in [9.17, 15) is 5.11 Å². The first-order chi connectivity index (χ1) is 6.97. The van der Waals surface area contributed by atoms with Crippen molar-refractivity contribution in [2.75, 3.05) is 0 Å². The molecule has 0 bridgehead atoms. The topological polar surface area (TPSA) is 38.1 Å². The van der Waals surface area contributed by atoms with Crippen LogP contribution in [0, 0.1) is 5.92 Å². The fraction of sp³-hybridized carbons (Fsp3) is 0.750. The predicted molar refractivity (Wildman–Crippen MR) is 62.2 cm³/mol. The van der Waals surface area contributed by atoms with Gasteiger partial charge in [-0.05, 0) is 18.3 Å². The molecule has 0 unspecified atom stereocenters. The molecule has 1 N–H and O–H groups in total. The van der Waals surface area contributed by atoms with Crippen LogP contribution in [0.15, 0.2) is 0 Å². The smallest absolute Gasteiger partial charge is 0.233 e. The number of hydrogen-bond donors (Lipinski definition) is 1. The summed E-state index contributed by atoms with van der Waals surface area (Å²) in [5, 5.41) is 14.0. The fourth-order valence-electron chi connectivity index (χ4n) is 1.97. The molecule has 0 fully saturated rings. The lowest BCUT2D eigenvalue weighted by Crippen LogP contribution is -2.11. The van der Waals surface area contributed by atoms with Gasteiger partial charge in [-0.3, -0.25) is 4.68 Å². The summed E-state index contributed by atoms with van der Waals surface area (Å²) in [5.74, 6) is 1.17. The summed E-state index contributed by atoms with van der Waals surface area (Å²) in [6.45, 7) is 11.5. The highest BCUT2D eigenvalue weighted by Crippen LogP contribution is 2.27. The molecule has 3 nitrogen and oxygen atoms in total. The van der Waals surface area contributed by atoms with Crippen molar-refractivity contribution in [2.24, 2.45) is 5.92 Å². The third-order valence-corrected chi connectivity index (χ3v) is 2.51. The number of hydrogen-bond acceptors (Lipinski definition) is 2. The van der Waals surface area contributed by atoms with Crippen LogP contribution in [0.4, 0.5) is 0 Å². The van der Waals surface area contributed by atoms with E-state index in [1.54, 1.807) is 0 Å². The Morgan fingerprint density at radius 1 is 1.27 bits per heavy atom. The van der Waals surface area contributed by atoms with E-state index in [-0.39, 0.29) is 5.88 Å². The van der Waals surface area contributed by atoms with Crippen molar-refractivity contribution in [2.45, 2.75) is 53.5 Å². The molecule has 0 spiro atoms. The van der Waals surface area contributed by atoms with Crippen LogP contribution < -0.4 is 0 Å². The van der Waals surface area contributed by atoms with Crippen LogP contribution in [0.5, 0.6) is 5.88 Å². The molecular weight excluding hydrogens is 188 g/mol. The highest BCUT2D eigenvalue weighted by molar-refractivity contribution is 5.32. The van der Waals surface area contributed by atoms with E-state index in [2.05, 4.69) is 39.7 Å². The van der Waals surface area contributed by atoms with Gasteiger partial charge in [0.1, 0.15) is 0 Å². The minimum absolute atomic E-state index is 0.210. The lowest BCUT2D eigenvalue weighted by molar-refractivity contribution is 0.413. The standard InChI is InChI=1S/C12H22N2O/c1-6-10-11(9(4)5)14(7-8(2)3)13-12(10)15/h8-9H,6-7H2,1-5H3,(H,13,15). The zero-order chi connectivity index (χ0) is 11.6. The van der Waals surface area contributed by atoms with Crippen LogP contribution in [0.3, 0.4) is 0 Å². The highest BCUT2D eigenvalue weighted by Gasteiger charge is 2.18.